The lowest BCUT2D eigenvalue weighted by Gasteiger charge is -2.16. The maximum absolute atomic E-state index is 5.27. The van der Waals surface area contributed by atoms with Gasteiger partial charge in [0.05, 0.1) is 0 Å². The molecule has 0 N–H and O–H groups in total. The van der Waals surface area contributed by atoms with Crippen LogP contribution in [0.5, 0.6) is 0 Å². The zero-order valence-corrected chi connectivity index (χ0v) is 41.2. The summed E-state index contributed by atoms with van der Waals surface area (Å²) in [4.78, 5) is 15.6. The van der Waals surface area contributed by atoms with Gasteiger partial charge < -0.3 is 0 Å². The molecule has 0 amide bonds. The van der Waals surface area contributed by atoms with Crippen LogP contribution in [0.4, 0.5) is 0 Å². The third-order valence-corrected chi connectivity index (χ3v) is 13.1. The first-order valence-corrected chi connectivity index (χ1v) is 25.6. The van der Waals surface area contributed by atoms with Crippen LogP contribution in [0.3, 0.4) is 0 Å². The fourth-order valence-corrected chi connectivity index (χ4v) is 9.04. The SMILES string of the molecule is CCCCCCc1cc(CCCCCC)cc(-c2cc(-c3cc(CCCCCC)cc(CCCCCC)c3)cc(-c3nc(-c4ccc(Br)cc4)nc(-c4ccc(Br)cc4)n3)c2)c1. The van der Waals surface area contributed by atoms with Crippen LogP contribution in [0, 0.1) is 0 Å². The van der Waals surface area contributed by atoms with Crippen LogP contribution in [-0.2, 0) is 25.7 Å². The Kier molecular flexibility index (Phi) is 19.5. The van der Waals surface area contributed by atoms with Crippen LogP contribution in [0.2, 0.25) is 0 Å². The average molecular weight is 956 g/mol. The Morgan fingerprint density at radius 1 is 0.290 bits per heavy atom. The molecule has 1 aromatic heterocycles. The van der Waals surface area contributed by atoms with Crippen LogP contribution in [0.1, 0.15) is 153 Å². The Bertz CT molecular complexity index is 2060. The minimum Gasteiger partial charge on any atom is -0.208 e. The molecule has 6 rings (SSSR count). The van der Waals surface area contributed by atoms with E-state index in [9.17, 15) is 0 Å². The van der Waals surface area contributed by atoms with Crippen LogP contribution in [0.25, 0.3) is 56.4 Å². The highest BCUT2D eigenvalue weighted by molar-refractivity contribution is 9.10. The second kappa shape index (κ2) is 25.4. The summed E-state index contributed by atoms with van der Waals surface area (Å²) in [7, 11) is 0. The van der Waals surface area contributed by atoms with Gasteiger partial charge in [-0.25, -0.2) is 15.0 Å². The molecular weight excluding hydrogens is 886 g/mol. The molecule has 0 bridgehead atoms. The standard InChI is InChI=1S/C57H69Br2N3/c1-5-9-13-17-21-42-33-43(22-18-14-10-6-2)36-48(35-42)50-39-51(49-37-44(23-19-15-11-7-3)34-45(38-49)24-20-16-12-8-4)41-52(40-50)57-61-55(46-25-29-53(58)30-26-46)60-56(62-57)47-27-31-54(59)32-28-47/h25-41H,5-24H2,1-4H3. The molecule has 3 nitrogen and oxygen atoms in total. The van der Waals surface area contributed by atoms with Gasteiger partial charge in [-0.1, -0.05) is 197 Å². The lowest BCUT2D eigenvalue weighted by molar-refractivity contribution is 0.661. The maximum Gasteiger partial charge on any atom is 0.164 e. The number of rotatable bonds is 25. The zero-order chi connectivity index (χ0) is 43.5. The lowest BCUT2D eigenvalue weighted by Crippen LogP contribution is -2.01. The van der Waals surface area contributed by atoms with Crippen LogP contribution >= 0.6 is 31.9 Å². The van der Waals surface area contributed by atoms with Crippen molar-refractivity contribution in [2.75, 3.05) is 0 Å². The molecule has 0 saturated heterocycles. The molecule has 0 aliphatic rings. The highest BCUT2D eigenvalue weighted by atomic mass is 79.9. The lowest BCUT2D eigenvalue weighted by atomic mass is 9.90. The molecule has 0 saturated carbocycles. The first-order chi connectivity index (χ1) is 30.3. The van der Waals surface area contributed by atoms with Gasteiger partial charge in [0.1, 0.15) is 0 Å². The number of aromatic nitrogens is 3. The smallest absolute Gasteiger partial charge is 0.164 e. The number of hydrogen-bond acceptors (Lipinski definition) is 3. The Balaban J connectivity index is 1.54. The minimum atomic E-state index is 0.666. The molecule has 0 radical (unpaired) electrons. The second-order valence-electron chi connectivity index (χ2n) is 17.4. The van der Waals surface area contributed by atoms with E-state index in [4.69, 9.17) is 15.0 Å². The minimum absolute atomic E-state index is 0.666. The molecule has 0 aliphatic heterocycles. The molecule has 62 heavy (non-hydrogen) atoms. The topological polar surface area (TPSA) is 38.7 Å². The van der Waals surface area contributed by atoms with Crippen molar-refractivity contribution in [3.8, 4) is 56.4 Å². The normalized spacial score (nSPS) is 11.4. The molecule has 0 atom stereocenters. The summed E-state index contributed by atoms with van der Waals surface area (Å²) in [5.41, 5.74) is 13.8. The summed E-state index contributed by atoms with van der Waals surface area (Å²) in [6.45, 7) is 9.20. The Hall–Kier alpha value is -3.93. The van der Waals surface area contributed by atoms with E-state index in [-0.39, 0.29) is 0 Å². The van der Waals surface area contributed by atoms with Gasteiger partial charge in [0.2, 0.25) is 0 Å². The van der Waals surface area contributed by atoms with Crippen molar-refractivity contribution in [1.82, 2.24) is 15.0 Å². The first kappa shape index (κ1) is 47.5. The van der Waals surface area contributed by atoms with Crippen molar-refractivity contribution in [3.05, 3.63) is 134 Å². The van der Waals surface area contributed by atoms with E-state index in [2.05, 4.69) is 163 Å². The predicted molar refractivity (Wildman–Crippen MR) is 274 cm³/mol. The molecule has 0 aliphatic carbocycles. The number of halogens is 2. The van der Waals surface area contributed by atoms with E-state index in [0.29, 0.717) is 17.5 Å². The van der Waals surface area contributed by atoms with Crippen molar-refractivity contribution in [2.45, 2.75) is 156 Å². The van der Waals surface area contributed by atoms with E-state index in [1.807, 2.05) is 0 Å². The fourth-order valence-electron chi connectivity index (χ4n) is 8.51. The van der Waals surface area contributed by atoms with Crippen LogP contribution < -0.4 is 0 Å². The largest absolute Gasteiger partial charge is 0.208 e. The molecule has 6 aromatic rings. The first-order valence-electron chi connectivity index (χ1n) is 24.1. The summed E-state index contributed by atoms with van der Waals surface area (Å²) in [5.74, 6) is 2.02. The molecule has 0 unspecified atom stereocenters. The maximum atomic E-state index is 5.27. The molecule has 5 aromatic carbocycles. The Labute approximate surface area is 391 Å². The molecule has 0 fully saturated rings. The molecular formula is C57H69Br2N3. The number of unbranched alkanes of at least 4 members (excludes halogenated alkanes) is 12. The molecule has 0 spiro atoms. The van der Waals surface area contributed by atoms with Gasteiger partial charge in [0.15, 0.2) is 17.5 Å². The van der Waals surface area contributed by atoms with Crippen molar-refractivity contribution < 1.29 is 0 Å². The van der Waals surface area contributed by atoms with Gasteiger partial charge >= 0.3 is 0 Å². The summed E-state index contributed by atoms with van der Waals surface area (Å²) >= 11 is 7.26. The summed E-state index contributed by atoms with van der Waals surface area (Å²) in [6.07, 6.45) is 24.7. The van der Waals surface area contributed by atoms with Gasteiger partial charge in [0, 0.05) is 25.6 Å². The molecule has 326 valence electrons. The summed E-state index contributed by atoms with van der Waals surface area (Å²) < 4.78 is 2.05. The fraction of sp³-hybridized carbons (Fsp3) is 0.421. The molecule has 1 heterocycles. The van der Waals surface area contributed by atoms with E-state index in [1.54, 1.807) is 0 Å². The van der Waals surface area contributed by atoms with E-state index < -0.39 is 0 Å². The Morgan fingerprint density at radius 2 is 0.565 bits per heavy atom. The monoisotopic (exact) mass is 953 g/mol. The van der Waals surface area contributed by atoms with Crippen molar-refractivity contribution in [3.63, 3.8) is 0 Å². The number of nitrogens with zero attached hydrogens (tertiary/aromatic N) is 3. The van der Waals surface area contributed by atoms with Crippen LogP contribution in [-0.4, -0.2) is 15.0 Å². The van der Waals surface area contributed by atoms with Crippen molar-refractivity contribution in [2.24, 2.45) is 0 Å². The number of benzene rings is 5. The van der Waals surface area contributed by atoms with Gasteiger partial charge in [-0.15, -0.1) is 0 Å². The Morgan fingerprint density at radius 3 is 0.871 bits per heavy atom. The van der Waals surface area contributed by atoms with E-state index >= 15 is 0 Å². The number of hydrogen-bond donors (Lipinski definition) is 0. The number of aryl methyl sites for hydroxylation is 4. The van der Waals surface area contributed by atoms with Gasteiger partial charge in [-0.2, -0.15) is 0 Å². The average Bonchev–Trinajstić information content (AvgIpc) is 3.29. The van der Waals surface area contributed by atoms with Gasteiger partial charge in [-0.05, 0) is 138 Å². The second-order valence-corrected chi connectivity index (χ2v) is 19.3. The van der Waals surface area contributed by atoms with Crippen molar-refractivity contribution in [1.29, 1.82) is 0 Å². The van der Waals surface area contributed by atoms with Gasteiger partial charge in [0.25, 0.3) is 0 Å². The third kappa shape index (κ3) is 14.6. The van der Waals surface area contributed by atoms with Gasteiger partial charge in [-0.3, -0.25) is 0 Å². The highest BCUT2D eigenvalue weighted by Gasteiger charge is 2.17. The zero-order valence-electron chi connectivity index (χ0n) is 38.1. The van der Waals surface area contributed by atoms with E-state index in [1.165, 1.54) is 147 Å². The predicted octanol–water partition coefficient (Wildman–Crippen LogP) is 18.2. The quantitative estimate of drug-likeness (QED) is 0.0537. The van der Waals surface area contributed by atoms with E-state index in [0.717, 1.165) is 51.3 Å². The van der Waals surface area contributed by atoms with Crippen molar-refractivity contribution >= 4 is 31.9 Å². The summed E-state index contributed by atoms with van der Waals surface area (Å²) in [6, 6.07) is 38.6. The summed E-state index contributed by atoms with van der Waals surface area (Å²) in [5, 5.41) is 0. The highest BCUT2D eigenvalue weighted by Crippen LogP contribution is 2.36. The molecule has 5 heteroatoms. The third-order valence-electron chi connectivity index (χ3n) is 12.1. The van der Waals surface area contributed by atoms with Crippen LogP contribution in [0.15, 0.2) is 112 Å².